The third kappa shape index (κ3) is 2.18. The van der Waals surface area contributed by atoms with Crippen molar-refractivity contribution in [2.45, 2.75) is 6.92 Å². The highest BCUT2D eigenvalue weighted by Gasteiger charge is 2.12. The van der Waals surface area contributed by atoms with Crippen molar-refractivity contribution in [3.05, 3.63) is 53.8 Å². The highest BCUT2D eigenvalue weighted by Crippen LogP contribution is 2.27. The van der Waals surface area contributed by atoms with E-state index in [2.05, 4.69) is 0 Å². The van der Waals surface area contributed by atoms with Crippen LogP contribution in [0.3, 0.4) is 0 Å². The minimum absolute atomic E-state index is 0.224. The van der Waals surface area contributed by atoms with E-state index in [1.165, 1.54) is 19.1 Å². The topological polar surface area (TPSA) is 43.1 Å². The fourth-order valence-electron chi connectivity index (χ4n) is 1.73. The highest BCUT2D eigenvalue weighted by molar-refractivity contribution is 5.99. The van der Waals surface area contributed by atoms with Crippen LogP contribution >= 0.6 is 0 Å². The van der Waals surface area contributed by atoms with Gasteiger partial charge in [-0.2, -0.15) is 0 Å². The van der Waals surface area contributed by atoms with Gasteiger partial charge >= 0.3 is 0 Å². The molecule has 0 saturated heterocycles. The summed E-state index contributed by atoms with van der Waals surface area (Å²) in [4.78, 5) is 11.2. The molecule has 0 aliphatic carbocycles. The summed E-state index contributed by atoms with van der Waals surface area (Å²) in [7, 11) is 0. The molecule has 0 spiro atoms. The predicted molar refractivity (Wildman–Crippen MR) is 66.3 cm³/mol. The molecule has 3 heteroatoms. The van der Waals surface area contributed by atoms with Crippen molar-refractivity contribution < 1.29 is 9.18 Å². The summed E-state index contributed by atoms with van der Waals surface area (Å²) in [6.45, 7) is 1.37. The second kappa shape index (κ2) is 4.37. The van der Waals surface area contributed by atoms with Gasteiger partial charge in [-0.05, 0) is 24.6 Å². The van der Waals surface area contributed by atoms with Crippen LogP contribution in [-0.4, -0.2) is 5.78 Å². The summed E-state index contributed by atoms with van der Waals surface area (Å²) in [6.07, 6.45) is 0. The number of hydrogen-bond donors (Lipinski definition) is 1. The molecule has 2 nitrogen and oxygen atoms in total. The summed E-state index contributed by atoms with van der Waals surface area (Å²) < 4.78 is 13.9. The van der Waals surface area contributed by atoms with E-state index in [0.717, 1.165) is 5.56 Å². The second-order valence-corrected chi connectivity index (χ2v) is 3.84. The van der Waals surface area contributed by atoms with Gasteiger partial charge in [0.25, 0.3) is 0 Å². The molecule has 0 radical (unpaired) electrons. The Morgan fingerprint density at radius 3 is 2.41 bits per heavy atom. The Morgan fingerprint density at radius 1 is 1.18 bits per heavy atom. The van der Waals surface area contributed by atoms with Crippen LogP contribution in [0.5, 0.6) is 0 Å². The van der Waals surface area contributed by atoms with Gasteiger partial charge < -0.3 is 5.73 Å². The fourth-order valence-corrected chi connectivity index (χ4v) is 1.73. The fraction of sp³-hybridized carbons (Fsp3) is 0.0714. The number of nitrogens with two attached hydrogens (primary N) is 1. The van der Waals surface area contributed by atoms with E-state index < -0.39 is 5.82 Å². The zero-order valence-corrected chi connectivity index (χ0v) is 9.41. The zero-order chi connectivity index (χ0) is 12.4. The lowest BCUT2D eigenvalue weighted by Gasteiger charge is -2.08. The van der Waals surface area contributed by atoms with Crippen LogP contribution < -0.4 is 5.73 Å². The average Bonchev–Trinajstić information content (AvgIpc) is 2.32. The van der Waals surface area contributed by atoms with Crippen LogP contribution in [0, 0.1) is 5.82 Å². The summed E-state index contributed by atoms with van der Waals surface area (Å²) in [5, 5.41) is 0. The summed E-state index contributed by atoms with van der Waals surface area (Å²) in [5.74, 6) is -0.670. The molecule has 2 aromatic rings. The van der Waals surface area contributed by atoms with Crippen LogP contribution in [0.1, 0.15) is 17.3 Å². The molecule has 0 atom stereocenters. The van der Waals surface area contributed by atoms with Crippen LogP contribution in [0.25, 0.3) is 11.1 Å². The molecule has 2 aromatic carbocycles. The first-order chi connectivity index (χ1) is 8.09. The Bertz CT molecular complexity index is 564. The number of halogens is 1. The number of benzene rings is 2. The van der Waals surface area contributed by atoms with E-state index in [1.54, 1.807) is 12.1 Å². The third-order valence-electron chi connectivity index (χ3n) is 2.60. The van der Waals surface area contributed by atoms with Crippen molar-refractivity contribution >= 4 is 11.5 Å². The van der Waals surface area contributed by atoms with Gasteiger partial charge in [-0.25, -0.2) is 4.39 Å². The summed E-state index contributed by atoms with van der Waals surface area (Å²) >= 11 is 0. The first kappa shape index (κ1) is 11.3. The molecule has 0 heterocycles. The van der Waals surface area contributed by atoms with Gasteiger partial charge in [0.15, 0.2) is 5.78 Å². The van der Waals surface area contributed by atoms with Crippen molar-refractivity contribution in [3.63, 3.8) is 0 Å². The van der Waals surface area contributed by atoms with Crippen molar-refractivity contribution in [2.24, 2.45) is 0 Å². The molecule has 0 aromatic heterocycles. The Kier molecular flexibility index (Phi) is 2.91. The van der Waals surface area contributed by atoms with E-state index in [-0.39, 0.29) is 11.3 Å². The number of hydrogen-bond acceptors (Lipinski definition) is 2. The van der Waals surface area contributed by atoms with E-state index in [9.17, 15) is 9.18 Å². The van der Waals surface area contributed by atoms with Crippen LogP contribution in [-0.2, 0) is 0 Å². The lowest BCUT2D eigenvalue weighted by Crippen LogP contribution is -2.01. The number of ketones is 1. The van der Waals surface area contributed by atoms with Crippen molar-refractivity contribution in [1.82, 2.24) is 0 Å². The largest absolute Gasteiger partial charge is 0.398 e. The number of Topliss-reactive ketones (excluding diaryl/α,β-unsaturated/α-hetero) is 1. The molecule has 0 fully saturated rings. The minimum Gasteiger partial charge on any atom is -0.398 e. The molecule has 0 saturated carbocycles. The smallest absolute Gasteiger partial charge is 0.161 e. The molecule has 0 aliphatic rings. The van der Waals surface area contributed by atoms with Crippen LogP contribution in [0.15, 0.2) is 42.5 Å². The Balaban J connectivity index is 2.58. The second-order valence-electron chi connectivity index (χ2n) is 3.84. The third-order valence-corrected chi connectivity index (χ3v) is 2.60. The monoisotopic (exact) mass is 229 g/mol. The Hall–Kier alpha value is -2.16. The van der Waals surface area contributed by atoms with Gasteiger partial charge in [-0.3, -0.25) is 4.79 Å². The number of nitrogen functional groups attached to an aromatic ring is 1. The Labute approximate surface area is 98.9 Å². The van der Waals surface area contributed by atoms with Crippen molar-refractivity contribution in [1.29, 1.82) is 0 Å². The van der Waals surface area contributed by atoms with Gasteiger partial charge in [-0.1, -0.05) is 30.3 Å². The molecule has 2 N–H and O–H groups in total. The molecule has 0 bridgehead atoms. The van der Waals surface area contributed by atoms with Crippen LogP contribution in [0.2, 0.25) is 0 Å². The van der Waals surface area contributed by atoms with Crippen molar-refractivity contribution in [3.8, 4) is 11.1 Å². The zero-order valence-electron chi connectivity index (χ0n) is 9.41. The van der Waals surface area contributed by atoms with E-state index >= 15 is 0 Å². The lowest BCUT2D eigenvalue weighted by atomic mass is 10.0. The number of carbonyl (C=O) groups excluding carboxylic acids is 1. The van der Waals surface area contributed by atoms with Gasteiger partial charge in [0.1, 0.15) is 5.82 Å². The molecule has 0 aliphatic heterocycles. The summed E-state index contributed by atoms with van der Waals surface area (Å²) in [6, 6.07) is 11.8. The Morgan fingerprint density at radius 2 is 1.82 bits per heavy atom. The molecule has 86 valence electrons. The number of anilines is 1. The molecular formula is C14H12FNO. The minimum atomic E-state index is -0.435. The van der Waals surface area contributed by atoms with Crippen LogP contribution in [0.4, 0.5) is 10.1 Å². The highest BCUT2D eigenvalue weighted by atomic mass is 19.1. The SMILES string of the molecule is CC(=O)c1cc(F)c(-c2ccccc2)cc1N. The van der Waals surface area contributed by atoms with Gasteiger partial charge in [-0.15, -0.1) is 0 Å². The van der Waals surface area contributed by atoms with E-state index in [4.69, 9.17) is 5.73 Å². The van der Waals surface area contributed by atoms with Gasteiger partial charge in [0, 0.05) is 16.8 Å². The molecule has 0 unspecified atom stereocenters. The quantitative estimate of drug-likeness (QED) is 0.634. The van der Waals surface area contributed by atoms with E-state index in [1.807, 2.05) is 18.2 Å². The standard InChI is InChI=1S/C14H12FNO/c1-9(17)11-7-13(15)12(8-14(11)16)10-5-3-2-4-6-10/h2-8H,16H2,1H3. The predicted octanol–water partition coefficient (Wildman–Crippen LogP) is 3.28. The maximum atomic E-state index is 13.9. The van der Waals surface area contributed by atoms with Gasteiger partial charge in [0.2, 0.25) is 0 Å². The molecule has 0 amide bonds. The number of rotatable bonds is 2. The molecule has 2 rings (SSSR count). The lowest BCUT2D eigenvalue weighted by molar-refractivity contribution is 0.101. The molecular weight excluding hydrogens is 217 g/mol. The van der Waals surface area contributed by atoms with E-state index in [0.29, 0.717) is 11.3 Å². The first-order valence-corrected chi connectivity index (χ1v) is 5.25. The maximum absolute atomic E-state index is 13.9. The van der Waals surface area contributed by atoms with Gasteiger partial charge in [0.05, 0.1) is 0 Å². The average molecular weight is 229 g/mol. The van der Waals surface area contributed by atoms with Crippen molar-refractivity contribution in [2.75, 3.05) is 5.73 Å². The normalized spacial score (nSPS) is 10.2. The number of carbonyl (C=O) groups is 1. The molecule has 17 heavy (non-hydrogen) atoms. The first-order valence-electron chi connectivity index (χ1n) is 5.25. The maximum Gasteiger partial charge on any atom is 0.161 e. The summed E-state index contributed by atoms with van der Waals surface area (Å²) in [5.41, 5.74) is 7.42.